The second-order valence-electron chi connectivity index (χ2n) is 5.18. The van der Waals surface area contributed by atoms with Gasteiger partial charge in [0.2, 0.25) is 0 Å². The molecule has 0 amide bonds. The van der Waals surface area contributed by atoms with Crippen LogP contribution in [-0.2, 0) is 18.9 Å². The lowest BCUT2D eigenvalue weighted by Crippen LogP contribution is -2.38. The molecule has 2 bridgehead atoms. The third-order valence-corrected chi connectivity index (χ3v) is 4.01. The van der Waals surface area contributed by atoms with Gasteiger partial charge in [0.25, 0.3) is 0 Å². The van der Waals surface area contributed by atoms with Crippen molar-refractivity contribution in [1.29, 1.82) is 0 Å². The van der Waals surface area contributed by atoms with Crippen molar-refractivity contribution in [3.63, 3.8) is 0 Å². The first-order valence-electron chi connectivity index (χ1n) is 6.54. The summed E-state index contributed by atoms with van der Waals surface area (Å²) in [5.74, 6) is 0.765. The van der Waals surface area contributed by atoms with E-state index < -0.39 is 0 Å². The van der Waals surface area contributed by atoms with Gasteiger partial charge in [-0.15, -0.1) is 0 Å². The highest BCUT2D eigenvalue weighted by Crippen LogP contribution is 2.41. The van der Waals surface area contributed by atoms with Gasteiger partial charge in [0.15, 0.2) is 0 Å². The molecular formula is C14H20O4. The highest BCUT2D eigenvalue weighted by molar-refractivity contribution is 5.18. The SMILES string of the molecule is COCO[C@H]([C@@H]1[C@H](C)[C@H]2C=CC=C[C@@H]1O2)[C@@H]1CO1. The van der Waals surface area contributed by atoms with Gasteiger partial charge in [0, 0.05) is 13.0 Å². The Morgan fingerprint density at radius 1 is 1.28 bits per heavy atom. The van der Waals surface area contributed by atoms with Crippen LogP contribution in [0.1, 0.15) is 6.92 Å². The Morgan fingerprint density at radius 2 is 2.00 bits per heavy atom. The quantitative estimate of drug-likeness (QED) is 0.549. The summed E-state index contributed by atoms with van der Waals surface area (Å²) in [7, 11) is 1.64. The Morgan fingerprint density at radius 3 is 2.67 bits per heavy atom. The van der Waals surface area contributed by atoms with Crippen LogP contribution in [0.15, 0.2) is 24.3 Å². The van der Waals surface area contributed by atoms with Crippen LogP contribution in [0.4, 0.5) is 0 Å². The number of allylic oxidation sites excluding steroid dienone is 2. The average molecular weight is 252 g/mol. The summed E-state index contributed by atoms with van der Waals surface area (Å²) < 4.78 is 22.3. The maximum atomic E-state index is 6.04. The number of hydrogen-bond donors (Lipinski definition) is 0. The fourth-order valence-corrected chi connectivity index (χ4v) is 3.00. The zero-order chi connectivity index (χ0) is 12.5. The van der Waals surface area contributed by atoms with Crippen molar-refractivity contribution < 1.29 is 18.9 Å². The van der Waals surface area contributed by atoms with Crippen LogP contribution in [0.3, 0.4) is 0 Å². The minimum atomic E-state index is 0.0612. The van der Waals surface area contributed by atoms with Gasteiger partial charge < -0.3 is 18.9 Å². The number of epoxide rings is 1. The average Bonchev–Trinajstić information content (AvgIpc) is 3.15. The summed E-state index contributed by atoms with van der Waals surface area (Å²) >= 11 is 0. The molecule has 0 aromatic rings. The fraction of sp³-hybridized carbons (Fsp3) is 0.714. The van der Waals surface area contributed by atoms with Gasteiger partial charge in [-0.05, 0) is 5.92 Å². The Kier molecular flexibility index (Phi) is 3.52. The molecule has 0 spiro atoms. The molecule has 0 radical (unpaired) electrons. The van der Waals surface area contributed by atoms with E-state index in [-0.39, 0.29) is 24.4 Å². The molecule has 2 fully saturated rings. The van der Waals surface area contributed by atoms with E-state index in [9.17, 15) is 0 Å². The Labute approximate surface area is 108 Å². The van der Waals surface area contributed by atoms with Crippen molar-refractivity contribution in [3.05, 3.63) is 24.3 Å². The molecule has 3 aliphatic heterocycles. The van der Waals surface area contributed by atoms with Crippen LogP contribution >= 0.6 is 0 Å². The van der Waals surface area contributed by atoms with E-state index >= 15 is 0 Å². The van der Waals surface area contributed by atoms with Crippen LogP contribution in [0.25, 0.3) is 0 Å². The Bertz CT molecular complexity index is 348. The van der Waals surface area contributed by atoms with Crippen molar-refractivity contribution in [2.75, 3.05) is 20.5 Å². The summed E-state index contributed by atoms with van der Waals surface area (Å²) in [6.07, 6.45) is 8.94. The van der Waals surface area contributed by atoms with Crippen LogP contribution < -0.4 is 0 Å². The summed E-state index contributed by atoms with van der Waals surface area (Å²) in [5, 5.41) is 0. The van der Waals surface area contributed by atoms with Crippen molar-refractivity contribution in [3.8, 4) is 0 Å². The minimum absolute atomic E-state index is 0.0612. The minimum Gasteiger partial charge on any atom is -0.370 e. The monoisotopic (exact) mass is 252 g/mol. The lowest BCUT2D eigenvalue weighted by molar-refractivity contribution is -0.108. The van der Waals surface area contributed by atoms with E-state index in [1.807, 2.05) is 0 Å². The highest BCUT2D eigenvalue weighted by Gasteiger charge is 2.50. The molecule has 4 heteroatoms. The lowest BCUT2D eigenvalue weighted by Gasteiger charge is -2.28. The molecule has 0 N–H and O–H groups in total. The van der Waals surface area contributed by atoms with Crippen LogP contribution in [0, 0.1) is 11.8 Å². The van der Waals surface area contributed by atoms with Gasteiger partial charge in [-0.1, -0.05) is 31.2 Å². The second-order valence-corrected chi connectivity index (χ2v) is 5.18. The second kappa shape index (κ2) is 5.13. The van der Waals surface area contributed by atoms with E-state index in [1.165, 1.54) is 0 Å². The molecule has 0 saturated carbocycles. The van der Waals surface area contributed by atoms with E-state index in [0.29, 0.717) is 18.6 Å². The number of rotatable bonds is 5. The Balaban J connectivity index is 1.76. The van der Waals surface area contributed by atoms with Crippen LogP contribution in [-0.4, -0.2) is 44.9 Å². The van der Waals surface area contributed by atoms with Gasteiger partial charge in [0.1, 0.15) is 12.9 Å². The van der Waals surface area contributed by atoms with Gasteiger partial charge in [-0.3, -0.25) is 0 Å². The summed E-state index contributed by atoms with van der Waals surface area (Å²) in [4.78, 5) is 0. The molecule has 0 aromatic heterocycles. The first-order chi connectivity index (χ1) is 8.81. The summed E-state index contributed by atoms with van der Waals surface area (Å²) in [6.45, 7) is 3.32. The van der Waals surface area contributed by atoms with Crippen molar-refractivity contribution >= 4 is 0 Å². The van der Waals surface area contributed by atoms with Gasteiger partial charge in [-0.25, -0.2) is 0 Å². The van der Waals surface area contributed by atoms with Gasteiger partial charge in [-0.2, -0.15) is 0 Å². The van der Waals surface area contributed by atoms with E-state index in [4.69, 9.17) is 18.9 Å². The molecule has 3 aliphatic rings. The third-order valence-electron chi connectivity index (χ3n) is 4.01. The number of methoxy groups -OCH3 is 1. The fourth-order valence-electron chi connectivity index (χ4n) is 3.00. The standard InChI is InChI=1S/C14H20O4/c1-9-10-5-3-4-6-11(18-10)13(9)14(12-7-16-12)17-8-15-2/h3-6,9-14H,7-8H2,1-2H3/t9-,10-,11+,12+,13-,14+/m1/s1. The number of fused-ring (bicyclic) bond motifs is 2. The normalized spacial score (nSPS) is 42.9. The lowest BCUT2D eigenvalue weighted by atomic mass is 9.82. The van der Waals surface area contributed by atoms with Crippen molar-refractivity contribution in [1.82, 2.24) is 0 Å². The van der Waals surface area contributed by atoms with E-state index in [0.717, 1.165) is 6.61 Å². The highest BCUT2D eigenvalue weighted by atomic mass is 16.7. The maximum Gasteiger partial charge on any atom is 0.146 e. The molecule has 0 unspecified atom stereocenters. The molecule has 3 heterocycles. The van der Waals surface area contributed by atoms with E-state index in [2.05, 4.69) is 31.2 Å². The first-order valence-corrected chi connectivity index (χ1v) is 6.54. The largest absolute Gasteiger partial charge is 0.370 e. The van der Waals surface area contributed by atoms with Crippen LogP contribution in [0.5, 0.6) is 0 Å². The molecule has 0 aliphatic carbocycles. The number of hydrogen-bond acceptors (Lipinski definition) is 4. The van der Waals surface area contributed by atoms with Crippen LogP contribution in [0.2, 0.25) is 0 Å². The molecule has 18 heavy (non-hydrogen) atoms. The zero-order valence-corrected chi connectivity index (χ0v) is 10.8. The number of ether oxygens (including phenoxy) is 4. The first kappa shape index (κ1) is 12.4. The summed E-state index contributed by atoms with van der Waals surface area (Å²) in [5.41, 5.74) is 0. The molecule has 6 atom stereocenters. The predicted molar refractivity (Wildman–Crippen MR) is 66.1 cm³/mol. The zero-order valence-electron chi connectivity index (χ0n) is 10.8. The maximum absolute atomic E-state index is 6.04. The van der Waals surface area contributed by atoms with E-state index in [1.54, 1.807) is 7.11 Å². The summed E-state index contributed by atoms with van der Waals surface area (Å²) in [6, 6.07) is 0. The third kappa shape index (κ3) is 2.26. The van der Waals surface area contributed by atoms with Crippen molar-refractivity contribution in [2.45, 2.75) is 31.3 Å². The molecule has 0 aromatic carbocycles. The molecular weight excluding hydrogens is 232 g/mol. The van der Waals surface area contributed by atoms with Gasteiger partial charge in [0.05, 0.1) is 24.9 Å². The smallest absolute Gasteiger partial charge is 0.146 e. The molecule has 2 saturated heterocycles. The topological polar surface area (TPSA) is 40.2 Å². The van der Waals surface area contributed by atoms with Crippen molar-refractivity contribution in [2.24, 2.45) is 11.8 Å². The Hall–Kier alpha value is -0.680. The van der Waals surface area contributed by atoms with Gasteiger partial charge >= 0.3 is 0 Å². The molecule has 100 valence electrons. The molecule has 4 nitrogen and oxygen atoms in total. The predicted octanol–water partition coefficient (Wildman–Crippen LogP) is 1.52. The molecule has 3 rings (SSSR count).